The van der Waals surface area contributed by atoms with Crippen molar-refractivity contribution in [3.8, 4) is 5.75 Å². The molecule has 0 aliphatic heterocycles. The smallest absolute Gasteiger partial charge is 0.265 e. The number of rotatable bonds is 7. The van der Waals surface area contributed by atoms with E-state index in [1.165, 1.54) is 0 Å². The Morgan fingerprint density at radius 1 is 1.12 bits per heavy atom. The van der Waals surface area contributed by atoms with Gasteiger partial charge in [-0.15, -0.1) is 0 Å². The first-order valence-electron chi connectivity index (χ1n) is 8.42. The minimum absolute atomic E-state index is 0.204. The molecule has 2 amide bonds. The summed E-state index contributed by atoms with van der Waals surface area (Å²) in [5, 5.41) is 5.59. The van der Waals surface area contributed by atoms with Crippen LogP contribution >= 0.6 is 0 Å². The van der Waals surface area contributed by atoms with Crippen molar-refractivity contribution in [3.05, 3.63) is 59.7 Å². The molecule has 1 atom stereocenters. The summed E-state index contributed by atoms with van der Waals surface area (Å²) in [6, 6.07) is 14.5. The molecule has 5 nitrogen and oxygen atoms in total. The van der Waals surface area contributed by atoms with E-state index in [9.17, 15) is 9.59 Å². The van der Waals surface area contributed by atoms with Gasteiger partial charge in [0.25, 0.3) is 11.8 Å². The van der Waals surface area contributed by atoms with E-state index >= 15 is 0 Å². The van der Waals surface area contributed by atoms with Gasteiger partial charge in [-0.25, -0.2) is 0 Å². The molecule has 5 heteroatoms. The molecule has 0 spiro atoms. The van der Waals surface area contributed by atoms with Gasteiger partial charge in [-0.2, -0.15) is 0 Å². The summed E-state index contributed by atoms with van der Waals surface area (Å²) in [4.78, 5) is 24.6. The molecule has 2 rings (SSSR count). The monoisotopic (exact) mass is 340 g/mol. The highest BCUT2D eigenvalue weighted by molar-refractivity contribution is 6.04. The second-order valence-corrected chi connectivity index (χ2v) is 5.87. The van der Waals surface area contributed by atoms with E-state index in [-0.39, 0.29) is 11.8 Å². The molecule has 1 unspecified atom stereocenters. The molecule has 2 aromatic carbocycles. The van der Waals surface area contributed by atoms with Crippen molar-refractivity contribution in [2.45, 2.75) is 33.3 Å². The van der Waals surface area contributed by atoms with Gasteiger partial charge in [-0.3, -0.25) is 9.59 Å². The van der Waals surface area contributed by atoms with Gasteiger partial charge in [-0.05, 0) is 50.1 Å². The highest BCUT2D eigenvalue weighted by atomic mass is 16.5. The molecular weight excluding hydrogens is 316 g/mol. The van der Waals surface area contributed by atoms with Crippen molar-refractivity contribution in [3.63, 3.8) is 0 Å². The van der Waals surface area contributed by atoms with Crippen LogP contribution < -0.4 is 15.4 Å². The second kappa shape index (κ2) is 8.87. The average molecular weight is 340 g/mol. The topological polar surface area (TPSA) is 67.4 Å². The van der Waals surface area contributed by atoms with Gasteiger partial charge in [0.2, 0.25) is 0 Å². The lowest BCUT2D eigenvalue weighted by atomic mass is 10.1. The maximum Gasteiger partial charge on any atom is 0.265 e. The van der Waals surface area contributed by atoms with E-state index in [0.717, 1.165) is 12.0 Å². The zero-order chi connectivity index (χ0) is 18.2. The zero-order valence-corrected chi connectivity index (χ0v) is 14.8. The van der Waals surface area contributed by atoms with Crippen LogP contribution in [-0.2, 0) is 4.79 Å². The number of hydrogen-bond acceptors (Lipinski definition) is 3. The fraction of sp³-hybridized carbons (Fsp3) is 0.300. The fourth-order valence-corrected chi connectivity index (χ4v) is 2.30. The summed E-state index contributed by atoms with van der Waals surface area (Å²) < 4.78 is 5.68. The van der Waals surface area contributed by atoms with Gasteiger partial charge in [0.1, 0.15) is 5.75 Å². The molecule has 25 heavy (non-hydrogen) atoms. The van der Waals surface area contributed by atoms with Crippen LogP contribution in [0.25, 0.3) is 0 Å². The number of carbonyl (C=O) groups excluding carboxylic acids is 2. The SMILES string of the molecule is CCCNC(=O)c1ccccc1NC(=O)C(C)Oc1cccc(C)c1. The molecule has 0 fully saturated rings. The predicted octanol–water partition coefficient (Wildman–Crippen LogP) is 3.54. The van der Waals surface area contributed by atoms with Crippen LogP contribution in [0, 0.1) is 6.92 Å². The third kappa shape index (κ3) is 5.35. The Balaban J connectivity index is 2.05. The first kappa shape index (κ1) is 18.5. The fourth-order valence-electron chi connectivity index (χ4n) is 2.30. The van der Waals surface area contributed by atoms with Crippen LogP contribution in [0.1, 0.15) is 36.2 Å². The largest absolute Gasteiger partial charge is 0.481 e. The molecule has 0 aliphatic rings. The van der Waals surface area contributed by atoms with Crippen LogP contribution in [0.4, 0.5) is 5.69 Å². The molecule has 0 radical (unpaired) electrons. The zero-order valence-electron chi connectivity index (χ0n) is 14.8. The highest BCUT2D eigenvalue weighted by Crippen LogP contribution is 2.18. The third-order valence-corrected chi connectivity index (χ3v) is 3.64. The number of carbonyl (C=O) groups is 2. The van der Waals surface area contributed by atoms with Crippen molar-refractivity contribution < 1.29 is 14.3 Å². The van der Waals surface area contributed by atoms with Crippen LogP contribution in [-0.4, -0.2) is 24.5 Å². The normalized spacial score (nSPS) is 11.5. The summed E-state index contributed by atoms with van der Waals surface area (Å²) in [7, 11) is 0. The number of ether oxygens (including phenoxy) is 1. The number of nitrogens with one attached hydrogen (secondary N) is 2. The molecule has 2 N–H and O–H groups in total. The summed E-state index contributed by atoms with van der Waals surface area (Å²) in [5.74, 6) is 0.124. The summed E-state index contributed by atoms with van der Waals surface area (Å²) in [6.45, 7) is 6.21. The van der Waals surface area contributed by atoms with E-state index in [2.05, 4.69) is 10.6 Å². The molecule has 0 bridgehead atoms. The molecule has 132 valence electrons. The molecular formula is C20H24N2O3. The Bertz CT molecular complexity index is 743. The Morgan fingerprint density at radius 2 is 1.88 bits per heavy atom. The summed E-state index contributed by atoms with van der Waals surface area (Å²) in [6.07, 6.45) is 0.162. The van der Waals surface area contributed by atoms with Crippen molar-refractivity contribution >= 4 is 17.5 Å². The molecule has 0 aromatic heterocycles. The molecule has 0 saturated heterocycles. The number of amides is 2. The first-order valence-corrected chi connectivity index (χ1v) is 8.42. The maximum absolute atomic E-state index is 12.4. The Hall–Kier alpha value is -2.82. The average Bonchev–Trinajstić information content (AvgIpc) is 2.60. The predicted molar refractivity (Wildman–Crippen MR) is 99.0 cm³/mol. The van der Waals surface area contributed by atoms with E-state index in [1.54, 1.807) is 31.2 Å². The number of benzene rings is 2. The van der Waals surface area contributed by atoms with Crippen molar-refractivity contribution in [1.29, 1.82) is 0 Å². The molecule has 0 aliphatic carbocycles. The van der Waals surface area contributed by atoms with Crippen molar-refractivity contribution in [2.75, 3.05) is 11.9 Å². The van der Waals surface area contributed by atoms with Crippen LogP contribution in [0.3, 0.4) is 0 Å². The van der Waals surface area contributed by atoms with Crippen LogP contribution in [0.15, 0.2) is 48.5 Å². The third-order valence-electron chi connectivity index (χ3n) is 3.64. The Morgan fingerprint density at radius 3 is 2.60 bits per heavy atom. The quantitative estimate of drug-likeness (QED) is 0.810. The molecule has 0 saturated carbocycles. The standard InChI is InChI=1S/C20H24N2O3/c1-4-12-21-20(24)17-10-5-6-11-18(17)22-19(23)15(3)25-16-9-7-8-14(2)13-16/h5-11,13,15H,4,12H2,1-3H3,(H,21,24)(H,22,23). The van der Waals surface area contributed by atoms with Crippen LogP contribution in [0.5, 0.6) is 5.75 Å². The minimum atomic E-state index is -0.687. The van der Waals surface area contributed by atoms with Crippen molar-refractivity contribution in [2.24, 2.45) is 0 Å². The lowest BCUT2D eigenvalue weighted by Gasteiger charge is -2.16. The maximum atomic E-state index is 12.4. The summed E-state index contributed by atoms with van der Waals surface area (Å²) in [5.41, 5.74) is 1.97. The van der Waals surface area contributed by atoms with E-state index < -0.39 is 6.10 Å². The van der Waals surface area contributed by atoms with Gasteiger partial charge >= 0.3 is 0 Å². The van der Waals surface area contributed by atoms with E-state index in [4.69, 9.17) is 4.74 Å². The molecule has 0 heterocycles. The number of anilines is 1. The lowest BCUT2D eigenvalue weighted by Crippen LogP contribution is -2.32. The van der Waals surface area contributed by atoms with E-state index in [1.807, 2.05) is 38.1 Å². The number of para-hydroxylation sites is 1. The van der Waals surface area contributed by atoms with Gasteiger partial charge in [0, 0.05) is 6.54 Å². The Labute approximate surface area is 148 Å². The Kier molecular flexibility index (Phi) is 6.57. The van der Waals surface area contributed by atoms with Crippen molar-refractivity contribution in [1.82, 2.24) is 5.32 Å². The summed E-state index contributed by atoms with van der Waals surface area (Å²) >= 11 is 0. The number of aryl methyl sites for hydroxylation is 1. The second-order valence-electron chi connectivity index (χ2n) is 5.87. The first-order chi connectivity index (χ1) is 12.0. The van der Waals surface area contributed by atoms with Gasteiger partial charge in [-0.1, -0.05) is 31.2 Å². The van der Waals surface area contributed by atoms with Gasteiger partial charge in [0.05, 0.1) is 11.3 Å². The lowest BCUT2D eigenvalue weighted by molar-refractivity contribution is -0.122. The highest BCUT2D eigenvalue weighted by Gasteiger charge is 2.18. The van der Waals surface area contributed by atoms with Crippen LogP contribution in [0.2, 0.25) is 0 Å². The number of hydrogen-bond donors (Lipinski definition) is 2. The van der Waals surface area contributed by atoms with Gasteiger partial charge < -0.3 is 15.4 Å². The van der Waals surface area contributed by atoms with Gasteiger partial charge in [0.15, 0.2) is 6.10 Å². The molecule has 2 aromatic rings. The van der Waals surface area contributed by atoms with E-state index in [0.29, 0.717) is 23.5 Å². The minimum Gasteiger partial charge on any atom is -0.481 e.